The van der Waals surface area contributed by atoms with Gasteiger partial charge < -0.3 is 20.5 Å². The molecule has 6 heteroatoms. The van der Waals surface area contributed by atoms with E-state index in [4.69, 9.17) is 10.5 Å². The van der Waals surface area contributed by atoms with Crippen molar-refractivity contribution < 1.29 is 9.84 Å². The number of nitrogen functional groups attached to an aromatic ring is 1. The normalized spacial score (nSPS) is 16.8. The molecule has 6 nitrogen and oxygen atoms in total. The summed E-state index contributed by atoms with van der Waals surface area (Å²) in [6.07, 6.45) is 4.34. The standard InChI is InChI=1S/C18H24N4O2/c1-24-15-4-2-14(3-5-15)12-18(13-23)7-10-22(11-8-18)17-20-9-6-16(19)21-17/h2-6,9,23H,7-8,10-13H2,1H3,(H2,19,20,21). The number of aromatic nitrogens is 2. The number of anilines is 2. The zero-order valence-electron chi connectivity index (χ0n) is 14.0. The molecular weight excluding hydrogens is 304 g/mol. The van der Waals surface area contributed by atoms with Crippen molar-refractivity contribution in [1.29, 1.82) is 0 Å². The number of nitrogens with zero attached hydrogens (tertiary/aromatic N) is 3. The Labute approximate surface area is 142 Å². The molecule has 24 heavy (non-hydrogen) atoms. The van der Waals surface area contributed by atoms with E-state index in [0.717, 1.165) is 38.1 Å². The molecule has 0 atom stereocenters. The number of benzene rings is 1. The van der Waals surface area contributed by atoms with E-state index in [9.17, 15) is 5.11 Å². The summed E-state index contributed by atoms with van der Waals surface area (Å²) in [6, 6.07) is 9.77. The first-order chi connectivity index (χ1) is 11.6. The van der Waals surface area contributed by atoms with Gasteiger partial charge in [0.2, 0.25) is 5.95 Å². The smallest absolute Gasteiger partial charge is 0.227 e. The topological polar surface area (TPSA) is 84.5 Å². The van der Waals surface area contributed by atoms with Crippen LogP contribution in [0.1, 0.15) is 18.4 Å². The molecule has 128 valence electrons. The van der Waals surface area contributed by atoms with Gasteiger partial charge >= 0.3 is 0 Å². The highest BCUT2D eigenvalue weighted by atomic mass is 16.5. The Bertz CT molecular complexity index is 667. The van der Waals surface area contributed by atoms with Crippen LogP contribution in [-0.4, -0.2) is 41.9 Å². The van der Waals surface area contributed by atoms with Crippen molar-refractivity contribution >= 4 is 11.8 Å². The van der Waals surface area contributed by atoms with Gasteiger partial charge in [0, 0.05) is 31.3 Å². The highest BCUT2D eigenvalue weighted by Crippen LogP contribution is 2.36. The third-order valence-electron chi connectivity index (χ3n) is 4.84. The Kier molecular flexibility index (Phi) is 4.85. The van der Waals surface area contributed by atoms with Crippen molar-refractivity contribution in [3.05, 3.63) is 42.1 Å². The highest BCUT2D eigenvalue weighted by Gasteiger charge is 2.35. The summed E-state index contributed by atoms with van der Waals surface area (Å²) in [7, 11) is 1.67. The molecule has 1 aromatic heterocycles. The Morgan fingerprint density at radius 3 is 2.50 bits per heavy atom. The van der Waals surface area contributed by atoms with E-state index >= 15 is 0 Å². The van der Waals surface area contributed by atoms with Gasteiger partial charge in [0.05, 0.1) is 7.11 Å². The van der Waals surface area contributed by atoms with Crippen LogP contribution in [0, 0.1) is 5.41 Å². The molecular formula is C18H24N4O2. The van der Waals surface area contributed by atoms with Gasteiger partial charge in [-0.2, -0.15) is 4.98 Å². The number of methoxy groups -OCH3 is 1. The summed E-state index contributed by atoms with van der Waals surface area (Å²) in [5, 5.41) is 10.0. The molecule has 0 spiro atoms. The van der Waals surface area contributed by atoms with Crippen molar-refractivity contribution in [3.63, 3.8) is 0 Å². The summed E-state index contributed by atoms with van der Waals surface area (Å²) >= 11 is 0. The van der Waals surface area contributed by atoms with E-state index in [1.165, 1.54) is 5.56 Å². The molecule has 1 aromatic carbocycles. The Balaban J connectivity index is 1.67. The first-order valence-corrected chi connectivity index (χ1v) is 8.21. The van der Waals surface area contributed by atoms with Gasteiger partial charge in [-0.15, -0.1) is 0 Å². The largest absolute Gasteiger partial charge is 0.497 e. The monoisotopic (exact) mass is 328 g/mol. The fourth-order valence-electron chi connectivity index (χ4n) is 3.26. The maximum absolute atomic E-state index is 10.0. The maximum atomic E-state index is 10.0. The van der Waals surface area contributed by atoms with Crippen molar-refractivity contribution in [2.24, 2.45) is 5.41 Å². The van der Waals surface area contributed by atoms with E-state index < -0.39 is 0 Å². The van der Waals surface area contributed by atoms with Gasteiger partial charge in [-0.05, 0) is 43.0 Å². The lowest BCUT2D eigenvalue weighted by atomic mass is 9.74. The Hall–Kier alpha value is -2.34. The molecule has 1 aliphatic heterocycles. The predicted octanol–water partition coefficient (Wildman–Crippen LogP) is 1.89. The number of ether oxygens (including phenoxy) is 1. The van der Waals surface area contributed by atoms with Crippen LogP contribution in [0.5, 0.6) is 5.75 Å². The summed E-state index contributed by atoms with van der Waals surface area (Å²) in [4.78, 5) is 10.7. The molecule has 0 amide bonds. The molecule has 1 fully saturated rings. The lowest BCUT2D eigenvalue weighted by molar-refractivity contribution is 0.0959. The Morgan fingerprint density at radius 1 is 1.21 bits per heavy atom. The number of piperidine rings is 1. The number of hydrogen-bond acceptors (Lipinski definition) is 6. The second-order valence-corrected chi connectivity index (χ2v) is 6.45. The average molecular weight is 328 g/mol. The van der Waals surface area contributed by atoms with Crippen molar-refractivity contribution in [3.8, 4) is 5.75 Å². The lowest BCUT2D eigenvalue weighted by Gasteiger charge is -2.41. The first kappa shape index (κ1) is 16.5. The molecule has 1 aliphatic rings. The van der Waals surface area contributed by atoms with Crippen LogP contribution in [0.25, 0.3) is 0 Å². The van der Waals surface area contributed by atoms with Gasteiger partial charge in [0.15, 0.2) is 0 Å². The van der Waals surface area contributed by atoms with Crippen LogP contribution >= 0.6 is 0 Å². The second-order valence-electron chi connectivity index (χ2n) is 6.45. The van der Waals surface area contributed by atoms with Crippen LogP contribution in [0.3, 0.4) is 0 Å². The second kappa shape index (κ2) is 7.05. The van der Waals surface area contributed by atoms with Crippen LogP contribution in [0.4, 0.5) is 11.8 Å². The molecule has 3 N–H and O–H groups in total. The van der Waals surface area contributed by atoms with E-state index in [0.29, 0.717) is 11.8 Å². The van der Waals surface area contributed by atoms with Crippen LogP contribution in [-0.2, 0) is 6.42 Å². The van der Waals surface area contributed by atoms with Gasteiger partial charge in [-0.3, -0.25) is 0 Å². The van der Waals surface area contributed by atoms with Crippen molar-refractivity contribution in [2.75, 3.05) is 37.4 Å². The van der Waals surface area contributed by atoms with E-state index in [-0.39, 0.29) is 12.0 Å². The number of rotatable bonds is 5. The molecule has 0 aliphatic carbocycles. The quantitative estimate of drug-likeness (QED) is 0.872. The minimum atomic E-state index is -0.0919. The van der Waals surface area contributed by atoms with Crippen LogP contribution in [0.2, 0.25) is 0 Å². The highest BCUT2D eigenvalue weighted by molar-refractivity contribution is 5.38. The van der Waals surface area contributed by atoms with E-state index in [1.807, 2.05) is 12.1 Å². The fraction of sp³-hybridized carbons (Fsp3) is 0.444. The number of aliphatic hydroxyl groups excluding tert-OH is 1. The Morgan fingerprint density at radius 2 is 1.92 bits per heavy atom. The van der Waals surface area contributed by atoms with Gasteiger partial charge in [0.1, 0.15) is 11.6 Å². The third kappa shape index (κ3) is 3.59. The van der Waals surface area contributed by atoms with Crippen molar-refractivity contribution in [2.45, 2.75) is 19.3 Å². The predicted molar refractivity (Wildman–Crippen MR) is 94.1 cm³/mol. The SMILES string of the molecule is COc1ccc(CC2(CO)CCN(c3nccc(N)n3)CC2)cc1. The van der Waals surface area contributed by atoms with Crippen LogP contribution in [0.15, 0.2) is 36.5 Å². The summed E-state index contributed by atoms with van der Waals surface area (Å²) in [6.45, 7) is 1.82. The van der Waals surface area contributed by atoms with Crippen molar-refractivity contribution in [1.82, 2.24) is 9.97 Å². The van der Waals surface area contributed by atoms with Gasteiger partial charge in [-0.25, -0.2) is 4.98 Å². The average Bonchev–Trinajstić information content (AvgIpc) is 2.63. The molecule has 3 rings (SSSR count). The lowest BCUT2D eigenvalue weighted by Crippen LogP contribution is -2.44. The number of aliphatic hydroxyl groups is 1. The molecule has 0 radical (unpaired) electrons. The molecule has 2 aromatic rings. The summed E-state index contributed by atoms with van der Waals surface area (Å²) < 4.78 is 5.20. The zero-order valence-corrected chi connectivity index (χ0v) is 14.0. The van der Waals surface area contributed by atoms with Crippen LogP contribution < -0.4 is 15.4 Å². The molecule has 0 bridgehead atoms. The minimum Gasteiger partial charge on any atom is -0.497 e. The summed E-state index contributed by atoms with van der Waals surface area (Å²) in [5.41, 5.74) is 6.87. The fourth-order valence-corrected chi connectivity index (χ4v) is 3.26. The van der Waals surface area contributed by atoms with E-state index in [1.54, 1.807) is 19.4 Å². The number of hydrogen-bond donors (Lipinski definition) is 2. The summed E-state index contributed by atoms with van der Waals surface area (Å²) in [5.74, 6) is 2.01. The minimum absolute atomic E-state index is 0.0919. The maximum Gasteiger partial charge on any atom is 0.227 e. The first-order valence-electron chi connectivity index (χ1n) is 8.21. The van der Waals surface area contributed by atoms with Gasteiger partial charge in [-0.1, -0.05) is 12.1 Å². The van der Waals surface area contributed by atoms with E-state index in [2.05, 4.69) is 27.0 Å². The molecule has 0 saturated carbocycles. The third-order valence-corrected chi connectivity index (χ3v) is 4.84. The number of nitrogens with two attached hydrogens (primary N) is 1. The molecule has 2 heterocycles. The molecule has 0 unspecified atom stereocenters. The zero-order chi connectivity index (χ0) is 17.0. The molecule has 1 saturated heterocycles. The van der Waals surface area contributed by atoms with Gasteiger partial charge in [0.25, 0.3) is 0 Å².